The molecule has 2 fully saturated rings. The minimum Gasteiger partial charge on any atom is -0.466 e. The topological polar surface area (TPSA) is 339 Å². The molecule has 0 aromatic carbocycles. The summed E-state index contributed by atoms with van der Waals surface area (Å²) in [5.74, 6) is -3.96. The van der Waals surface area contributed by atoms with Crippen molar-refractivity contribution >= 4 is 24.0 Å². The van der Waals surface area contributed by atoms with Crippen LogP contribution < -0.4 is 5.32 Å². The molecule has 1 amide bonds. The van der Waals surface area contributed by atoms with Gasteiger partial charge in [0.05, 0.1) is 322 Å². The number of esters is 3. The Kier molecular flexibility index (Phi) is 70.7. The van der Waals surface area contributed by atoms with E-state index >= 15 is 0 Å². The average Bonchev–Trinajstić information content (AvgIpc) is 1.64. The van der Waals surface area contributed by atoms with Crippen molar-refractivity contribution in [2.24, 2.45) is 41.4 Å². The minimum absolute atomic E-state index is 0.0685. The van der Waals surface area contributed by atoms with E-state index in [1.54, 1.807) is 41.1 Å². The predicted molar refractivity (Wildman–Crippen MR) is 401 cm³/mol. The molecule has 110 heavy (non-hydrogen) atoms. The van der Waals surface area contributed by atoms with Crippen LogP contribution in [0.25, 0.3) is 0 Å². The molecule has 2 aliphatic carbocycles. The van der Waals surface area contributed by atoms with E-state index in [1.807, 2.05) is 18.2 Å². The molecular weight excluding hydrogens is 1450 g/mol. The van der Waals surface area contributed by atoms with E-state index in [0.717, 1.165) is 12.8 Å². The van der Waals surface area contributed by atoms with Crippen molar-refractivity contribution in [2.45, 2.75) is 52.6 Å². The van der Waals surface area contributed by atoms with Crippen molar-refractivity contribution in [1.29, 1.82) is 0 Å². The number of ether oxygens (including phenoxy) is 28. The fraction of sp³-hybridized carbons (Fsp3) is 0.870. The molecule has 7 atom stereocenters. The molecule has 2 saturated carbocycles. The van der Waals surface area contributed by atoms with Crippen LogP contribution in [0.15, 0.2) is 37.0 Å². The van der Waals surface area contributed by atoms with E-state index < -0.39 is 47.3 Å². The molecule has 2 rings (SSSR count). The third kappa shape index (κ3) is 63.3. The fourth-order valence-electron chi connectivity index (χ4n) is 10.7. The Labute approximate surface area is 654 Å². The fourth-order valence-corrected chi connectivity index (χ4v) is 10.7. The highest BCUT2D eigenvalue weighted by Crippen LogP contribution is 2.46. The second-order valence-corrected chi connectivity index (χ2v) is 25.8. The average molecular weight is 1590 g/mol. The Hall–Kier alpha value is -4.06. The molecule has 0 aromatic heterocycles. The highest BCUT2D eigenvalue weighted by Gasteiger charge is 2.51. The van der Waals surface area contributed by atoms with Gasteiger partial charge in [-0.25, -0.2) is 4.79 Å². The van der Waals surface area contributed by atoms with Gasteiger partial charge < -0.3 is 138 Å². The van der Waals surface area contributed by atoms with Crippen LogP contribution in [-0.2, 0) is 147 Å². The van der Waals surface area contributed by atoms with Gasteiger partial charge in [0.15, 0.2) is 0 Å². The highest BCUT2D eigenvalue weighted by molar-refractivity contribution is 5.84. The van der Waals surface area contributed by atoms with Crippen molar-refractivity contribution in [3.05, 3.63) is 37.0 Å². The van der Waals surface area contributed by atoms with Crippen molar-refractivity contribution in [3.8, 4) is 0 Å². The van der Waals surface area contributed by atoms with Gasteiger partial charge in [-0.1, -0.05) is 30.4 Å². The van der Waals surface area contributed by atoms with Crippen LogP contribution in [0, 0.1) is 41.4 Å². The zero-order chi connectivity index (χ0) is 79.4. The molecule has 644 valence electrons. The first-order valence-electron chi connectivity index (χ1n) is 39.0. The third-order valence-corrected chi connectivity index (χ3v) is 16.0. The molecule has 0 heterocycles. The van der Waals surface area contributed by atoms with Gasteiger partial charge in [0.1, 0.15) is 18.8 Å². The van der Waals surface area contributed by atoms with Crippen LogP contribution >= 0.6 is 0 Å². The molecule has 0 bridgehead atoms. The molecular formula is C77H139NO32. The number of amides is 1. The molecule has 0 spiro atoms. The van der Waals surface area contributed by atoms with Gasteiger partial charge in [-0.3, -0.25) is 14.4 Å². The monoisotopic (exact) mass is 1590 g/mol. The number of nitrogens with one attached hydrogen (secondary N) is 1. The maximum absolute atomic E-state index is 14.4. The Balaban J connectivity index is 1.66. The van der Waals surface area contributed by atoms with Gasteiger partial charge in [0, 0.05) is 27.7 Å². The molecule has 2 aliphatic rings. The summed E-state index contributed by atoms with van der Waals surface area (Å²) in [6.45, 7) is 30.7. The number of alkyl carbamates (subject to hydrolysis) is 1. The largest absolute Gasteiger partial charge is 0.466 e. The van der Waals surface area contributed by atoms with Crippen LogP contribution in [0.1, 0.15) is 47.0 Å². The van der Waals surface area contributed by atoms with Crippen LogP contribution in [0.3, 0.4) is 0 Å². The Morgan fingerprint density at radius 1 is 0.327 bits per heavy atom. The normalized spacial score (nSPS) is 18.0. The Morgan fingerprint density at radius 2 is 0.582 bits per heavy atom. The quantitative estimate of drug-likeness (QED) is 0.0375. The number of methoxy groups -OCH3 is 2. The summed E-state index contributed by atoms with van der Waals surface area (Å²) in [5, 5.41) is 2.73. The van der Waals surface area contributed by atoms with Crippen LogP contribution in [0.4, 0.5) is 4.79 Å². The molecule has 0 aromatic rings. The lowest BCUT2D eigenvalue weighted by Crippen LogP contribution is -2.35. The van der Waals surface area contributed by atoms with E-state index in [-0.39, 0.29) is 89.7 Å². The number of allylic oxidation sites excluding steroid dienone is 4. The summed E-state index contributed by atoms with van der Waals surface area (Å²) in [7, 11) is 3.27. The molecule has 0 radical (unpaired) electrons. The van der Waals surface area contributed by atoms with E-state index in [9.17, 15) is 19.2 Å². The molecule has 0 saturated heterocycles. The van der Waals surface area contributed by atoms with E-state index in [0.29, 0.717) is 271 Å². The van der Waals surface area contributed by atoms with Gasteiger partial charge in [0.2, 0.25) is 0 Å². The number of carbonyl (C=O) groups is 4. The van der Waals surface area contributed by atoms with Gasteiger partial charge in [0.25, 0.3) is 0 Å². The first-order valence-corrected chi connectivity index (χ1v) is 39.0. The first kappa shape index (κ1) is 102. The maximum Gasteiger partial charge on any atom is 0.407 e. The molecule has 33 nitrogen and oxygen atoms in total. The molecule has 33 heteroatoms. The number of rotatable bonds is 82. The van der Waals surface area contributed by atoms with Crippen LogP contribution in [-0.4, -0.2) is 374 Å². The highest BCUT2D eigenvalue weighted by atomic mass is 16.6. The zero-order valence-electron chi connectivity index (χ0n) is 67.2. The van der Waals surface area contributed by atoms with E-state index in [2.05, 4.69) is 18.0 Å². The molecule has 0 aliphatic heterocycles. The summed E-state index contributed by atoms with van der Waals surface area (Å²) >= 11 is 0. The lowest BCUT2D eigenvalue weighted by Gasteiger charge is -2.23. The molecule has 7 unspecified atom stereocenters. The van der Waals surface area contributed by atoms with Crippen molar-refractivity contribution in [2.75, 3.05) is 345 Å². The summed E-state index contributed by atoms with van der Waals surface area (Å²) in [6, 6.07) is 0. The summed E-state index contributed by atoms with van der Waals surface area (Å²) < 4.78 is 154. The SMILES string of the molecule is C=CC1CC(/C=C/C2CC(/C=C/CNC(=O)OC(C)(C)C)C(C(=O)OCCOCCOCCOCCOCCOCCOCCOCCOCCOCCOCCOCCOC)C2C(=O)OCCOCCOCCOCCOCCOCCOCCOCCOCCOCCOCCOCCOC)CC1COC(C)=O. The van der Waals surface area contributed by atoms with Crippen LogP contribution in [0.2, 0.25) is 0 Å². The van der Waals surface area contributed by atoms with E-state index in [1.165, 1.54) is 6.92 Å². The Morgan fingerprint density at radius 3 is 0.827 bits per heavy atom. The van der Waals surface area contributed by atoms with Crippen LogP contribution in [0.5, 0.6) is 0 Å². The smallest absolute Gasteiger partial charge is 0.407 e. The van der Waals surface area contributed by atoms with E-state index in [4.69, 9.17) is 133 Å². The molecule has 1 N–H and O–H groups in total. The van der Waals surface area contributed by atoms with Crippen molar-refractivity contribution < 1.29 is 152 Å². The minimum atomic E-state index is -0.945. The number of hydrogen-bond acceptors (Lipinski definition) is 32. The predicted octanol–water partition coefficient (Wildman–Crippen LogP) is 4.63. The first-order chi connectivity index (χ1) is 53.9. The van der Waals surface area contributed by atoms with Gasteiger partial charge in [-0.05, 0) is 69.6 Å². The van der Waals surface area contributed by atoms with Crippen molar-refractivity contribution in [1.82, 2.24) is 5.32 Å². The number of carbonyl (C=O) groups excluding carboxylic acids is 4. The second-order valence-electron chi connectivity index (χ2n) is 25.8. The summed E-state index contributed by atoms with van der Waals surface area (Å²) in [4.78, 5) is 52.9. The Bertz CT molecular complexity index is 2170. The van der Waals surface area contributed by atoms with Gasteiger partial charge in [-0.15, -0.1) is 6.58 Å². The standard InChI is InChI=1S/C77H139NO32/c1-8-68-62-67(63-71(68)65-109-66(2)79)11-12-70-64-69(10-9-13-78-76(82)110-77(3,4)5)72(74(80)107-60-58-105-56-54-103-52-50-101-48-46-99-44-42-97-40-38-95-36-34-93-32-30-91-28-26-89-24-22-87-20-18-85-16-14-83-6)73(70)75(81)108-61-59-106-57-55-104-53-51-102-49-47-100-45-43-98-41-39-96-37-35-94-33-31-92-29-27-90-25-23-88-21-19-86-17-15-84-7/h8-12,67-73H,1,13-65H2,2-7H3,(H,78,82)/b10-9+,12-11+. The lowest BCUT2D eigenvalue weighted by molar-refractivity contribution is -0.162. The second kappa shape index (κ2) is 76.2. The summed E-state index contributed by atoms with van der Waals surface area (Å²) in [6.07, 6.45) is 10.9. The van der Waals surface area contributed by atoms with Gasteiger partial charge >= 0.3 is 24.0 Å². The number of hydrogen-bond donors (Lipinski definition) is 1. The zero-order valence-corrected chi connectivity index (χ0v) is 67.2. The lowest BCUT2D eigenvalue weighted by atomic mass is 9.86. The van der Waals surface area contributed by atoms with Gasteiger partial charge in [-0.2, -0.15) is 0 Å². The third-order valence-electron chi connectivity index (χ3n) is 16.0. The van der Waals surface area contributed by atoms with Crippen molar-refractivity contribution in [3.63, 3.8) is 0 Å². The summed E-state index contributed by atoms with van der Waals surface area (Å²) in [5.41, 5.74) is -0.701. The maximum atomic E-state index is 14.4.